The van der Waals surface area contributed by atoms with Crippen LogP contribution in [0.15, 0.2) is 30.5 Å². The van der Waals surface area contributed by atoms with Crippen molar-refractivity contribution in [2.75, 3.05) is 6.54 Å². The van der Waals surface area contributed by atoms with Gasteiger partial charge in [-0.25, -0.2) is 4.39 Å². The van der Waals surface area contributed by atoms with Crippen LogP contribution in [0.2, 0.25) is 0 Å². The molecule has 0 aliphatic carbocycles. The van der Waals surface area contributed by atoms with Gasteiger partial charge in [0.15, 0.2) is 0 Å². The van der Waals surface area contributed by atoms with Gasteiger partial charge in [0.1, 0.15) is 5.82 Å². The highest BCUT2D eigenvalue weighted by molar-refractivity contribution is 5.99. The molecular weight excluding hydrogens is 313 g/mol. The number of carboxylic acid groups (broad SMARTS) is 1. The van der Waals surface area contributed by atoms with Crippen molar-refractivity contribution in [3.05, 3.63) is 41.8 Å². The zero-order valence-corrected chi connectivity index (χ0v) is 13.6. The summed E-state index contributed by atoms with van der Waals surface area (Å²) in [7, 11) is 0. The summed E-state index contributed by atoms with van der Waals surface area (Å²) in [6.07, 6.45) is 2.19. The number of carbonyl (C=O) groups is 2. The molecule has 1 aromatic carbocycles. The third-order valence-corrected chi connectivity index (χ3v) is 4.41. The molecule has 2 aromatic rings. The summed E-state index contributed by atoms with van der Waals surface area (Å²) in [6.45, 7) is 3.60. The van der Waals surface area contributed by atoms with Crippen LogP contribution in [0.3, 0.4) is 0 Å². The topological polar surface area (TPSA) is 95.1 Å². The lowest BCUT2D eigenvalue weighted by molar-refractivity contribution is -0.149. The third-order valence-electron chi connectivity index (χ3n) is 4.41. The van der Waals surface area contributed by atoms with E-state index in [1.165, 1.54) is 18.3 Å². The van der Waals surface area contributed by atoms with Crippen LogP contribution in [0.25, 0.3) is 11.3 Å². The zero-order chi connectivity index (χ0) is 17.7. The molecule has 0 radical (unpaired) electrons. The van der Waals surface area contributed by atoms with Crippen LogP contribution in [0, 0.1) is 11.2 Å². The standard InChI is InChI=1S/C17H20FN3O3/c1-3-17(4-2,16(23)24)10-19-15(22)13-9-20-21-14(13)11-5-7-12(18)8-6-11/h5-9H,3-4,10H2,1-2H3,(H,19,22)(H,20,21)(H,23,24). The minimum Gasteiger partial charge on any atom is -0.481 e. The first kappa shape index (κ1) is 17.7. The number of amides is 1. The fourth-order valence-electron chi connectivity index (χ4n) is 2.52. The second-order valence-corrected chi connectivity index (χ2v) is 5.64. The molecule has 24 heavy (non-hydrogen) atoms. The summed E-state index contributed by atoms with van der Waals surface area (Å²) in [4.78, 5) is 23.9. The number of halogens is 1. The van der Waals surface area contributed by atoms with Crippen LogP contribution in [0.4, 0.5) is 4.39 Å². The van der Waals surface area contributed by atoms with Crippen LogP contribution < -0.4 is 5.32 Å². The van der Waals surface area contributed by atoms with Gasteiger partial charge in [-0.1, -0.05) is 13.8 Å². The molecule has 1 aromatic heterocycles. The van der Waals surface area contributed by atoms with Crippen LogP contribution in [0.1, 0.15) is 37.0 Å². The summed E-state index contributed by atoms with van der Waals surface area (Å²) in [5.74, 6) is -1.73. The van der Waals surface area contributed by atoms with E-state index in [2.05, 4.69) is 15.5 Å². The third kappa shape index (κ3) is 3.45. The maximum absolute atomic E-state index is 13.0. The number of rotatable bonds is 7. The molecule has 0 atom stereocenters. The van der Waals surface area contributed by atoms with E-state index in [1.54, 1.807) is 26.0 Å². The molecule has 6 nitrogen and oxygen atoms in total. The molecule has 0 aliphatic heterocycles. The Bertz CT molecular complexity index is 721. The van der Waals surface area contributed by atoms with E-state index in [-0.39, 0.29) is 17.9 Å². The number of benzene rings is 1. The van der Waals surface area contributed by atoms with Gasteiger partial charge >= 0.3 is 5.97 Å². The first-order chi connectivity index (χ1) is 11.4. The molecule has 0 saturated heterocycles. The first-order valence-electron chi connectivity index (χ1n) is 7.74. The van der Waals surface area contributed by atoms with Crippen molar-refractivity contribution in [2.24, 2.45) is 5.41 Å². The number of aliphatic carboxylic acids is 1. The van der Waals surface area contributed by atoms with Crippen molar-refractivity contribution in [2.45, 2.75) is 26.7 Å². The Balaban J connectivity index is 2.18. The Kier molecular flexibility index (Phi) is 5.33. The molecule has 1 heterocycles. The van der Waals surface area contributed by atoms with Gasteiger partial charge in [-0.05, 0) is 37.1 Å². The zero-order valence-electron chi connectivity index (χ0n) is 13.6. The van der Waals surface area contributed by atoms with E-state index >= 15 is 0 Å². The monoisotopic (exact) mass is 333 g/mol. The number of H-pyrrole nitrogens is 1. The van der Waals surface area contributed by atoms with Crippen molar-refractivity contribution in [3.63, 3.8) is 0 Å². The van der Waals surface area contributed by atoms with Crippen LogP contribution >= 0.6 is 0 Å². The molecule has 7 heteroatoms. The Morgan fingerprint density at radius 2 is 1.88 bits per heavy atom. The molecule has 128 valence electrons. The number of aromatic amines is 1. The second kappa shape index (κ2) is 7.25. The highest BCUT2D eigenvalue weighted by Gasteiger charge is 2.35. The van der Waals surface area contributed by atoms with Crippen molar-refractivity contribution in [3.8, 4) is 11.3 Å². The number of nitrogens with zero attached hydrogens (tertiary/aromatic N) is 1. The van der Waals surface area contributed by atoms with Gasteiger partial charge in [-0.3, -0.25) is 14.7 Å². The Labute approximate surface area is 139 Å². The predicted molar refractivity (Wildman–Crippen MR) is 87.0 cm³/mol. The van der Waals surface area contributed by atoms with Gasteiger partial charge in [-0.2, -0.15) is 5.10 Å². The highest BCUT2D eigenvalue weighted by Crippen LogP contribution is 2.26. The molecule has 2 rings (SSSR count). The van der Waals surface area contributed by atoms with E-state index in [1.807, 2.05) is 0 Å². The summed E-state index contributed by atoms with van der Waals surface area (Å²) >= 11 is 0. The van der Waals surface area contributed by atoms with E-state index in [9.17, 15) is 19.1 Å². The summed E-state index contributed by atoms with van der Waals surface area (Å²) in [5.41, 5.74) is 0.374. The lowest BCUT2D eigenvalue weighted by atomic mass is 9.82. The van der Waals surface area contributed by atoms with Crippen molar-refractivity contribution in [1.82, 2.24) is 15.5 Å². The van der Waals surface area contributed by atoms with E-state index in [0.717, 1.165) is 0 Å². The predicted octanol–water partition coefficient (Wildman–Crippen LogP) is 2.84. The number of aromatic nitrogens is 2. The molecule has 3 N–H and O–H groups in total. The molecule has 0 saturated carbocycles. The smallest absolute Gasteiger partial charge is 0.311 e. The average molecular weight is 333 g/mol. The second-order valence-electron chi connectivity index (χ2n) is 5.64. The number of carboxylic acids is 1. The number of hydrogen-bond donors (Lipinski definition) is 3. The Morgan fingerprint density at radius 3 is 2.42 bits per heavy atom. The molecule has 1 amide bonds. The molecular formula is C17H20FN3O3. The summed E-state index contributed by atoms with van der Waals surface area (Å²) in [6, 6.07) is 5.67. The fourth-order valence-corrected chi connectivity index (χ4v) is 2.52. The molecule has 0 spiro atoms. The van der Waals surface area contributed by atoms with Crippen LogP contribution in [-0.4, -0.2) is 33.7 Å². The number of hydrogen-bond acceptors (Lipinski definition) is 3. The quantitative estimate of drug-likeness (QED) is 0.726. The van der Waals surface area contributed by atoms with E-state index < -0.39 is 17.3 Å². The first-order valence-corrected chi connectivity index (χ1v) is 7.74. The highest BCUT2D eigenvalue weighted by atomic mass is 19.1. The van der Waals surface area contributed by atoms with Crippen molar-refractivity contribution in [1.29, 1.82) is 0 Å². The summed E-state index contributed by atoms with van der Waals surface area (Å²) in [5, 5.41) is 18.7. The largest absolute Gasteiger partial charge is 0.481 e. The molecule has 0 aliphatic rings. The fraction of sp³-hybridized carbons (Fsp3) is 0.353. The average Bonchev–Trinajstić information content (AvgIpc) is 3.06. The summed E-state index contributed by atoms with van der Waals surface area (Å²) < 4.78 is 13.0. The molecule has 0 unspecified atom stereocenters. The Morgan fingerprint density at radius 1 is 1.25 bits per heavy atom. The maximum Gasteiger partial charge on any atom is 0.311 e. The van der Waals surface area contributed by atoms with Gasteiger partial charge in [0.05, 0.1) is 22.9 Å². The molecule has 0 bridgehead atoms. The van der Waals surface area contributed by atoms with Gasteiger partial charge in [-0.15, -0.1) is 0 Å². The minimum atomic E-state index is -0.991. The van der Waals surface area contributed by atoms with Gasteiger partial charge in [0.2, 0.25) is 0 Å². The lowest BCUT2D eigenvalue weighted by Gasteiger charge is -2.26. The van der Waals surface area contributed by atoms with E-state index in [0.29, 0.717) is 24.1 Å². The maximum atomic E-state index is 13.0. The lowest BCUT2D eigenvalue weighted by Crippen LogP contribution is -2.42. The minimum absolute atomic E-state index is 0.0300. The van der Waals surface area contributed by atoms with Crippen LogP contribution in [0.5, 0.6) is 0 Å². The van der Waals surface area contributed by atoms with Gasteiger partial charge in [0.25, 0.3) is 5.91 Å². The number of carbonyl (C=O) groups excluding carboxylic acids is 1. The van der Waals surface area contributed by atoms with Gasteiger partial charge < -0.3 is 10.4 Å². The van der Waals surface area contributed by atoms with Crippen molar-refractivity contribution >= 4 is 11.9 Å². The SMILES string of the molecule is CCC(CC)(CNC(=O)c1cn[nH]c1-c1ccc(F)cc1)C(=O)O. The van der Waals surface area contributed by atoms with E-state index in [4.69, 9.17) is 0 Å². The normalized spacial score (nSPS) is 11.3. The Hall–Kier alpha value is -2.70. The number of nitrogens with one attached hydrogen (secondary N) is 2. The van der Waals surface area contributed by atoms with Gasteiger partial charge in [0, 0.05) is 12.1 Å². The molecule has 0 fully saturated rings. The van der Waals surface area contributed by atoms with Crippen LogP contribution in [-0.2, 0) is 4.79 Å². The van der Waals surface area contributed by atoms with Crippen molar-refractivity contribution < 1.29 is 19.1 Å².